The number of thiazole rings is 1. The molecule has 2 amide bonds. The van der Waals surface area contributed by atoms with Crippen molar-refractivity contribution in [3.05, 3.63) is 24.0 Å². The lowest BCUT2D eigenvalue weighted by atomic mass is 10.2. The molecule has 7 nitrogen and oxygen atoms in total. The quantitative estimate of drug-likeness (QED) is 0.691. The molecule has 0 spiro atoms. The number of thioether (sulfide) groups is 1. The van der Waals surface area contributed by atoms with Crippen LogP contribution in [0.5, 0.6) is 0 Å². The number of rotatable bonds is 8. The minimum atomic E-state index is -0.177. The fourth-order valence-electron chi connectivity index (χ4n) is 2.62. The molecule has 1 aliphatic heterocycles. The Morgan fingerprint density at radius 2 is 2.08 bits per heavy atom. The third-order valence-electron chi connectivity index (χ3n) is 4.04. The Kier molecular flexibility index (Phi) is 6.67. The van der Waals surface area contributed by atoms with E-state index in [9.17, 15) is 9.59 Å². The van der Waals surface area contributed by atoms with Crippen molar-refractivity contribution in [2.24, 2.45) is 0 Å². The lowest BCUT2D eigenvalue weighted by molar-refractivity contribution is -0.131. The first-order chi connectivity index (χ1) is 12.6. The van der Waals surface area contributed by atoms with Crippen LogP contribution in [0.15, 0.2) is 21.0 Å². The molecule has 26 heavy (non-hydrogen) atoms. The van der Waals surface area contributed by atoms with Crippen LogP contribution in [0.3, 0.4) is 0 Å². The van der Waals surface area contributed by atoms with Crippen molar-refractivity contribution in [2.45, 2.75) is 49.0 Å². The van der Waals surface area contributed by atoms with E-state index < -0.39 is 0 Å². The van der Waals surface area contributed by atoms with Crippen molar-refractivity contribution in [1.29, 1.82) is 0 Å². The summed E-state index contributed by atoms with van der Waals surface area (Å²) in [5, 5.41) is 3.31. The number of amides is 2. The second kappa shape index (κ2) is 9.18. The Hall–Kier alpha value is -1.87. The fraction of sp³-hybridized carbons (Fsp3) is 0.529. The molecule has 0 atom stereocenters. The minimum absolute atomic E-state index is 0.0606. The van der Waals surface area contributed by atoms with Gasteiger partial charge in [0.15, 0.2) is 5.13 Å². The summed E-state index contributed by atoms with van der Waals surface area (Å²) in [7, 11) is 0. The van der Waals surface area contributed by atoms with Gasteiger partial charge in [0.1, 0.15) is 5.76 Å². The molecule has 2 aromatic rings. The van der Waals surface area contributed by atoms with Crippen LogP contribution in [-0.4, -0.2) is 39.8 Å². The van der Waals surface area contributed by atoms with E-state index in [-0.39, 0.29) is 24.7 Å². The van der Waals surface area contributed by atoms with Gasteiger partial charge in [-0.15, -0.1) is 11.8 Å². The number of likely N-dealkylation sites (tertiary alicyclic amines) is 1. The number of hydrogen-bond acceptors (Lipinski definition) is 7. The normalized spacial score (nSPS) is 14.0. The smallest absolute Gasteiger partial charge is 0.226 e. The summed E-state index contributed by atoms with van der Waals surface area (Å²) in [6.45, 7) is 3.66. The summed E-state index contributed by atoms with van der Waals surface area (Å²) in [6.07, 6.45) is 6.86. The van der Waals surface area contributed by atoms with Crippen molar-refractivity contribution in [2.75, 3.05) is 18.4 Å². The molecule has 1 aliphatic rings. The van der Waals surface area contributed by atoms with E-state index in [1.807, 2.05) is 11.8 Å². The summed E-state index contributed by atoms with van der Waals surface area (Å²) in [6, 6.07) is 0. The van der Waals surface area contributed by atoms with E-state index in [1.165, 1.54) is 11.3 Å². The highest BCUT2D eigenvalue weighted by atomic mass is 32.2. The number of nitrogens with one attached hydrogen (secondary N) is 1. The van der Waals surface area contributed by atoms with E-state index in [2.05, 4.69) is 15.3 Å². The molecule has 1 fully saturated rings. The third-order valence-corrected chi connectivity index (χ3v) is 6.14. The average molecular weight is 395 g/mol. The van der Waals surface area contributed by atoms with Crippen LogP contribution < -0.4 is 5.32 Å². The number of nitrogens with zero attached hydrogens (tertiary/aromatic N) is 3. The molecule has 2 aromatic heterocycles. The highest BCUT2D eigenvalue weighted by Crippen LogP contribution is 2.30. The van der Waals surface area contributed by atoms with Crippen LogP contribution in [0.2, 0.25) is 0 Å². The second-order valence-corrected chi connectivity index (χ2v) is 8.29. The number of carbonyl (C=O) groups is 2. The predicted molar refractivity (Wildman–Crippen MR) is 101 cm³/mol. The molecule has 0 aromatic carbocycles. The Labute approximate surface area is 160 Å². The first-order valence-corrected chi connectivity index (χ1v) is 10.5. The zero-order valence-electron chi connectivity index (χ0n) is 14.7. The Morgan fingerprint density at radius 1 is 1.27 bits per heavy atom. The molecular formula is C17H22N4O3S2. The molecule has 0 bridgehead atoms. The average Bonchev–Trinajstić information content (AvgIpc) is 3.38. The van der Waals surface area contributed by atoms with Crippen molar-refractivity contribution < 1.29 is 14.0 Å². The van der Waals surface area contributed by atoms with Gasteiger partial charge in [0.25, 0.3) is 0 Å². The number of carbonyl (C=O) groups excluding carboxylic acids is 2. The van der Waals surface area contributed by atoms with Crippen LogP contribution in [-0.2, 0) is 21.8 Å². The first-order valence-electron chi connectivity index (χ1n) is 8.74. The van der Waals surface area contributed by atoms with Gasteiger partial charge < -0.3 is 14.6 Å². The molecule has 3 rings (SSSR count). The van der Waals surface area contributed by atoms with Crippen LogP contribution >= 0.6 is 23.1 Å². The van der Waals surface area contributed by atoms with Gasteiger partial charge in [-0.3, -0.25) is 9.59 Å². The zero-order chi connectivity index (χ0) is 18.4. The number of aryl methyl sites for hydroxylation is 1. The lowest BCUT2D eigenvalue weighted by Gasteiger charge is -2.14. The van der Waals surface area contributed by atoms with Gasteiger partial charge in [-0.2, -0.15) is 0 Å². The Balaban J connectivity index is 1.40. The monoisotopic (exact) mass is 394 g/mol. The molecule has 140 valence electrons. The predicted octanol–water partition coefficient (Wildman–Crippen LogP) is 3.33. The summed E-state index contributed by atoms with van der Waals surface area (Å²) in [4.78, 5) is 34.2. The maximum Gasteiger partial charge on any atom is 0.226 e. The zero-order valence-corrected chi connectivity index (χ0v) is 16.3. The van der Waals surface area contributed by atoms with Crippen LogP contribution in [0, 0.1) is 0 Å². The molecule has 0 unspecified atom stereocenters. The molecule has 0 radical (unpaired) electrons. The molecule has 1 N–H and O–H groups in total. The van der Waals surface area contributed by atoms with Gasteiger partial charge in [0, 0.05) is 32.4 Å². The Bertz CT molecular complexity index is 753. The van der Waals surface area contributed by atoms with Crippen molar-refractivity contribution in [3.63, 3.8) is 0 Å². The van der Waals surface area contributed by atoms with E-state index in [1.54, 1.807) is 24.2 Å². The summed E-state index contributed by atoms with van der Waals surface area (Å²) < 4.78 is 6.55. The topological polar surface area (TPSA) is 88.3 Å². The summed E-state index contributed by atoms with van der Waals surface area (Å²) in [5.74, 6) is 2.07. The third kappa shape index (κ3) is 5.31. The van der Waals surface area contributed by atoms with E-state index in [0.717, 1.165) is 42.3 Å². The largest absolute Gasteiger partial charge is 0.445 e. The van der Waals surface area contributed by atoms with Crippen molar-refractivity contribution in [3.8, 4) is 0 Å². The molecule has 0 saturated carbocycles. The van der Waals surface area contributed by atoms with Gasteiger partial charge >= 0.3 is 0 Å². The summed E-state index contributed by atoms with van der Waals surface area (Å²) in [5.41, 5.74) is 0. The number of oxazole rings is 1. The van der Waals surface area contributed by atoms with Crippen molar-refractivity contribution in [1.82, 2.24) is 14.9 Å². The van der Waals surface area contributed by atoms with Crippen molar-refractivity contribution >= 4 is 40.0 Å². The van der Waals surface area contributed by atoms with Crippen LogP contribution in [0.25, 0.3) is 0 Å². The summed E-state index contributed by atoms with van der Waals surface area (Å²) >= 11 is 2.98. The standard InChI is InChI=1S/C17H22N4O3S2/c1-2-12-9-18-14(24-12)11-25-16-10-19-17(26-16)20-13(22)5-6-15(23)21-7-3-4-8-21/h9-10H,2-8,11H2,1H3,(H,19,20,22). The molecule has 9 heteroatoms. The van der Waals surface area contributed by atoms with Gasteiger partial charge in [-0.1, -0.05) is 18.3 Å². The Morgan fingerprint density at radius 3 is 2.81 bits per heavy atom. The molecule has 3 heterocycles. The van der Waals surface area contributed by atoms with Gasteiger partial charge in [0.2, 0.25) is 17.7 Å². The van der Waals surface area contributed by atoms with Crippen LogP contribution in [0.4, 0.5) is 5.13 Å². The maximum atomic E-state index is 12.0. The molecule has 1 saturated heterocycles. The van der Waals surface area contributed by atoms with Gasteiger partial charge in [0.05, 0.1) is 22.4 Å². The number of hydrogen-bond donors (Lipinski definition) is 1. The number of anilines is 1. The van der Waals surface area contributed by atoms with E-state index in [0.29, 0.717) is 16.8 Å². The highest BCUT2D eigenvalue weighted by molar-refractivity contribution is 8.00. The maximum absolute atomic E-state index is 12.0. The highest BCUT2D eigenvalue weighted by Gasteiger charge is 2.18. The number of aromatic nitrogens is 2. The second-order valence-electron chi connectivity index (χ2n) is 5.98. The van der Waals surface area contributed by atoms with Gasteiger partial charge in [-0.25, -0.2) is 9.97 Å². The SMILES string of the molecule is CCc1cnc(CSc2cnc(NC(=O)CCC(=O)N3CCCC3)s2)o1. The first kappa shape index (κ1) is 18.9. The molecule has 0 aliphatic carbocycles. The minimum Gasteiger partial charge on any atom is -0.445 e. The fourth-order valence-corrected chi connectivity index (χ4v) is 4.36. The van der Waals surface area contributed by atoms with Gasteiger partial charge in [-0.05, 0) is 12.8 Å². The van der Waals surface area contributed by atoms with E-state index in [4.69, 9.17) is 4.42 Å². The van der Waals surface area contributed by atoms with Crippen LogP contribution in [0.1, 0.15) is 44.3 Å². The molecular weight excluding hydrogens is 372 g/mol. The lowest BCUT2D eigenvalue weighted by Crippen LogP contribution is -2.28. The van der Waals surface area contributed by atoms with E-state index >= 15 is 0 Å².